The summed E-state index contributed by atoms with van der Waals surface area (Å²) >= 11 is 0. The van der Waals surface area contributed by atoms with Gasteiger partial charge in [0.25, 0.3) is 0 Å². The average molecular weight is 298 g/mol. The van der Waals surface area contributed by atoms with Crippen LogP contribution in [0.5, 0.6) is 0 Å². The molecule has 3 N–H and O–H groups in total. The Labute approximate surface area is 117 Å². The third-order valence-electron chi connectivity index (χ3n) is 2.22. The largest absolute Gasteiger partial charge is 0.572 e. The van der Waals surface area contributed by atoms with E-state index in [1.165, 1.54) is 7.11 Å². The minimum Gasteiger partial charge on any atom is -0.385 e. The molecule has 0 aliphatic carbocycles. The molecule has 0 aromatic carbocycles. The highest BCUT2D eigenvalue weighted by atomic mass is 31.2. The van der Waals surface area contributed by atoms with Crippen molar-refractivity contribution in [2.75, 3.05) is 27.4 Å². The van der Waals surface area contributed by atoms with Crippen molar-refractivity contribution in [3.63, 3.8) is 0 Å². The van der Waals surface area contributed by atoms with Gasteiger partial charge >= 0.3 is 8.17 Å². The van der Waals surface area contributed by atoms with E-state index in [1.54, 1.807) is 7.11 Å². The Kier molecular flexibility index (Phi) is 7.91. The predicted molar refractivity (Wildman–Crippen MR) is 76.6 cm³/mol. The van der Waals surface area contributed by atoms with E-state index in [9.17, 15) is 4.89 Å². The monoisotopic (exact) mass is 298 g/mol. The van der Waals surface area contributed by atoms with Crippen molar-refractivity contribution in [3.05, 3.63) is 0 Å². The number of rotatable bonds is 10. The van der Waals surface area contributed by atoms with Gasteiger partial charge in [-0.05, 0) is 40.5 Å². The highest BCUT2D eigenvalue weighted by Gasteiger charge is 2.49. The second kappa shape index (κ2) is 7.84. The fraction of sp³-hybridized carbons (Fsp3) is 1.00. The summed E-state index contributed by atoms with van der Waals surface area (Å²) in [4.78, 5) is 10.2. The van der Waals surface area contributed by atoms with Crippen LogP contribution in [0.2, 0.25) is 0 Å². The van der Waals surface area contributed by atoms with E-state index in [2.05, 4.69) is 0 Å². The molecule has 1 unspecified atom stereocenters. The van der Waals surface area contributed by atoms with Crippen molar-refractivity contribution >= 4 is 8.17 Å². The molecule has 0 amide bonds. The van der Waals surface area contributed by atoms with Crippen LogP contribution in [0.4, 0.5) is 0 Å². The molecular formula is C12H29NO5P+. The number of ether oxygens (including phenoxy) is 1. The summed E-state index contributed by atoms with van der Waals surface area (Å²) in [7, 11) is -0.329. The van der Waals surface area contributed by atoms with Crippen LogP contribution in [0.3, 0.4) is 0 Å². The molecule has 0 aliphatic rings. The Bertz CT molecular complexity index is 257. The molecule has 0 spiro atoms. The molecule has 0 rings (SSSR count). The van der Waals surface area contributed by atoms with Gasteiger partial charge in [0.05, 0.1) is 7.11 Å². The van der Waals surface area contributed by atoms with Crippen molar-refractivity contribution in [2.45, 2.75) is 51.7 Å². The van der Waals surface area contributed by atoms with Crippen molar-refractivity contribution in [3.8, 4) is 0 Å². The number of nitrogens with two attached hydrogens (primary N) is 1. The van der Waals surface area contributed by atoms with Crippen LogP contribution >= 0.6 is 8.17 Å². The van der Waals surface area contributed by atoms with Gasteiger partial charge in [-0.2, -0.15) is 13.9 Å². The lowest BCUT2D eigenvalue weighted by Gasteiger charge is -2.31. The number of hydrogen-bond donors (Lipinski definition) is 2. The van der Waals surface area contributed by atoms with Crippen molar-refractivity contribution in [2.24, 2.45) is 5.73 Å². The Morgan fingerprint density at radius 2 is 1.68 bits per heavy atom. The van der Waals surface area contributed by atoms with Crippen LogP contribution in [0.15, 0.2) is 0 Å². The van der Waals surface area contributed by atoms with E-state index in [4.69, 9.17) is 24.0 Å². The van der Waals surface area contributed by atoms with Crippen LogP contribution in [-0.4, -0.2) is 43.5 Å². The van der Waals surface area contributed by atoms with Gasteiger partial charge in [0.2, 0.25) is 0 Å². The summed E-state index contributed by atoms with van der Waals surface area (Å²) in [5.41, 5.74) is 4.93. The molecule has 0 heterocycles. The zero-order valence-electron chi connectivity index (χ0n) is 12.9. The van der Waals surface area contributed by atoms with E-state index < -0.39 is 19.3 Å². The first-order chi connectivity index (χ1) is 8.54. The molecule has 0 aromatic heterocycles. The number of hydrogen-bond acceptors (Lipinski definition) is 6. The summed E-state index contributed by atoms with van der Waals surface area (Å²) in [6.07, 6.45) is 1.22. The maximum absolute atomic E-state index is 10.2. The highest BCUT2D eigenvalue weighted by molar-refractivity contribution is 7.55. The molecule has 0 bridgehead atoms. The van der Waals surface area contributed by atoms with E-state index in [-0.39, 0.29) is 0 Å². The van der Waals surface area contributed by atoms with Crippen LogP contribution in [0, 0.1) is 0 Å². The van der Waals surface area contributed by atoms with Gasteiger partial charge in [0.1, 0.15) is 12.2 Å². The normalized spacial score (nSPS) is 16.4. The topological polar surface area (TPSA) is 83.2 Å². The molecule has 0 aromatic rings. The molecule has 19 heavy (non-hydrogen) atoms. The molecule has 0 aliphatic heterocycles. The van der Waals surface area contributed by atoms with E-state index >= 15 is 0 Å². The smallest absolute Gasteiger partial charge is 0.385 e. The number of methoxy groups -OCH3 is 1. The quantitative estimate of drug-likeness (QED) is 0.475. The van der Waals surface area contributed by atoms with Crippen molar-refractivity contribution in [1.29, 1.82) is 0 Å². The average Bonchev–Trinajstić information content (AvgIpc) is 2.20. The maximum atomic E-state index is 10.2. The summed E-state index contributed by atoms with van der Waals surface area (Å²) in [5, 5.41) is 0. The predicted octanol–water partition coefficient (Wildman–Crippen LogP) is 2.28. The van der Waals surface area contributed by atoms with E-state index in [0.717, 1.165) is 0 Å². The third-order valence-corrected chi connectivity index (χ3v) is 3.92. The van der Waals surface area contributed by atoms with Gasteiger partial charge in [-0.15, -0.1) is 4.52 Å². The lowest BCUT2D eigenvalue weighted by molar-refractivity contribution is 0.00144. The molecule has 7 heteroatoms. The molecule has 0 saturated carbocycles. The standard InChI is InChI=1S/C12H29NO5P/c1-11(2,13)10-12(3,4)18-19(14,16-6)17-9-7-8-15-5/h14H,7-10,13H2,1-6H3/q+1. The summed E-state index contributed by atoms with van der Waals surface area (Å²) in [5.74, 6) is 0. The fourth-order valence-corrected chi connectivity index (χ4v) is 3.22. The zero-order chi connectivity index (χ0) is 15.2. The minimum absolute atomic E-state index is 0.314. The second-order valence-electron chi connectivity index (χ2n) is 5.85. The second-order valence-corrected chi connectivity index (χ2v) is 7.59. The zero-order valence-corrected chi connectivity index (χ0v) is 13.8. The molecular weight excluding hydrogens is 269 g/mol. The lowest BCUT2D eigenvalue weighted by atomic mass is 9.91. The van der Waals surface area contributed by atoms with Crippen molar-refractivity contribution in [1.82, 2.24) is 0 Å². The fourth-order valence-electron chi connectivity index (χ4n) is 1.94. The van der Waals surface area contributed by atoms with Crippen LogP contribution < -0.4 is 5.73 Å². The third kappa shape index (κ3) is 9.68. The first-order valence-corrected chi connectivity index (χ1v) is 7.84. The molecule has 0 fully saturated rings. The van der Waals surface area contributed by atoms with Gasteiger partial charge in [-0.25, -0.2) is 0 Å². The first-order valence-electron chi connectivity index (χ1n) is 6.34. The van der Waals surface area contributed by atoms with Gasteiger partial charge < -0.3 is 10.5 Å². The molecule has 0 saturated heterocycles. The summed E-state index contributed by atoms with van der Waals surface area (Å²) < 4.78 is 20.9. The van der Waals surface area contributed by atoms with Crippen LogP contribution in [0.25, 0.3) is 0 Å². The summed E-state index contributed by atoms with van der Waals surface area (Å²) in [6, 6.07) is 0. The summed E-state index contributed by atoms with van der Waals surface area (Å²) in [6.45, 7) is 8.38. The Morgan fingerprint density at radius 1 is 1.11 bits per heavy atom. The maximum Gasteiger partial charge on any atom is 0.572 e. The molecule has 6 nitrogen and oxygen atoms in total. The molecule has 0 radical (unpaired) electrons. The van der Waals surface area contributed by atoms with E-state index in [0.29, 0.717) is 26.1 Å². The first kappa shape index (κ1) is 19.2. The van der Waals surface area contributed by atoms with Gasteiger partial charge in [0, 0.05) is 19.3 Å². The SMILES string of the molecule is COCCCO[P+](O)(OC)OC(C)(C)CC(C)(C)N. The van der Waals surface area contributed by atoms with Crippen LogP contribution in [-0.2, 0) is 18.3 Å². The highest BCUT2D eigenvalue weighted by Crippen LogP contribution is 2.60. The van der Waals surface area contributed by atoms with Gasteiger partial charge in [-0.1, -0.05) is 0 Å². The van der Waals surface area contributed by atoms with Gasteiger partial charge in [-0.3, -0.25) is 0 Å². The molecule has 116 valence electrons. The Morgan fingerprint density at radius 3 is 2.11 bits per heavy atom. The minimum atomic E-state index is -3.31. The Hall–Kier alpha value is 0.190. The Balaban J connectivity index is 4.42. The van der Waals surface area contributed by atoms with Crippen LogP contribution in [0.1, 0.15) is 40.5 Å². The lowest BCUT2D eigenvalue weighted by Crippen LogP contribution is -2.41. The van der Waals surface area contributed by atoms with Gasteiger partial charge in [0.15, 0.2) is 0 Å². The van der Waals surface area contributed by atoms with Crippen molar-refractivity contribution < 1.29 is 23.2 Å². The van der Waals surface area contributed by atoms with E-state index in [1.807, 2.05) is 27.7 Å². The molecule has 1 atom stereocenters.